The fourth-order valence-corrected chi connectivity index (χ4v) is 1.12. The van der Waals surface area contributed by atoms with Gasteiger partial charge in [-0.05, 0) is 18.8 Å². The molecule has 0 N–H and O–H groups in total. The molecule has 0 radical (unpaired) electrons. The molecule has 1 nitrogen and oxygen atoms in total. The highest BCUT2D eigenvalue weighted by Crippen LogP contribution is 2.06. The lowest BCUT2D eigenvalue weighted by Crippen LogP contribution is -2.03. The third-order valence-electron chi connectivity index (χ3n) is 1.28. The summed E-state index contributed by atoms with van der Waals surface area (Å²) < 4.78 is 4.99. The Hall–Kier alpha value is 0.440. The van der Waals surface area contributed by atoms with E-state index in [9.17, 15) is 0 Å². The third kappa shape index (κ3) is 6.32. The van der Waals surface area contributed by atoms with Crippen molar-refractivity contribution in [2.75, 3.05) is 19.0 Å². The van der Waals surface area contributed by atoms with E-state index >= 15 is 0 Å². The first kappa shape index (κ1) is 9.44. The molecule has 0 aliphatic rings. The first-order chi connectivity index (χ1) is 4.31. The summed E-state index contributed by atoms with van der Waals surface area (Å²) in [5.74, 6) is 0.715. The largest absolute Gasteiger partial charge is 0.384 e. The van der Waals surface area contributed by atoms with Crippen molar-refractivity contribution in [2.24, 2.45) is 5.92 Å². The minimum atomic E-state index is 0.715. The van der Waals surface area contributed by atoms with Crippen molar-refractivity contribution >= 4 is 15.9 Å². The first-order valence-electron chi connectivity index (χ1n) is 3.36. The van der Waals surface area contributed by atoms with Gasteiger partial charge in [0.1, 0.15) is 0 Å². The number of rotatable bonds is 5. The van der Waals surface area contributed by atoms with Gasteiger partial charge in [0.05, 0.1) is 0 Å². The Kier molecular flexibility index (Phi) is 6.88. The van der Waals surface area contributed by atoms with Crippen LogP contribution in [0.25, 0.3) is 0 Å². The van der Waals surface area contributed by atoms with Crippen LogP contribution in [0.3, 0.4) is 0 Å². The maximum atomic E-state index is 4.99. The number of methoxy groups -OCH3 is 1. The van der Waals surface area contributed by atoms with Crippen molar-refractivity contribution in [3.8, 4) is 0 Å². The molecule has 0 amide bonds. The topological polar surface area (TPSA) is 9.23 Å². The van der Waals surface area contributed by atoms with E-state index in [2.05, 4.69) is 22.9 Å². The molecule has 0 rings (SSSR count). The van der Waals surface area contributed by atoms with Gasteiger partial charge in [0, 0.05) is 19.0 Å². The fraction of sp³-hybridized carbons (Fsp3) is 1.00. The standard InChI is InChI=1S/C7H15BrO/c1-7(6-9-2)4-3-5-8/h7H,3-6H2,1-2H3. The average Bonchev–Trinajstić information content (AvgIpc) is 1.85. The van der Waals surface area contributed by atoms with E-state index < -0.39 is 0 Å². The number of alkyl halides is 1. The van der Waals surface area contributed by atoms with Gasteiger partial charge in [-0.2, -0.15) is 0 Å². The van der Waals surface area contributed by atoms with Crippen molar-refractivity contribution in [1.29, 1.82) is 0 Å². The molecule has 56 valence electrons. The number of ether oxygens (including phenoxy) is 1. The number of hydrogen-bond donors (Lipinski definition) is 0. The summed E-state index contributed by atoms with van der Waals surface area (Å²) in [6, 6.07) is 0. The molecular formula is C7H15BrO. The van der Waals surface area contributed by atoms with Crippen molar-refractivity contribution < 1.29 is 4.74 Å². The van der Waals surface area contributed by atoms with Crippen molar-refractivity contribution in [3.63, 3.8) is 0 Å². The SMILES string of the molecule is COCC(C)CCCBr. The van der Waals surface area contributed by atoms with Gasteiger partial charge in [-0.25, -0.2) is 0 Å². The van der Waals surface area contributed by atoms with E-state index in [4.69, 9.17) is 4.74 Å². The van der Waals surface area contributed by atoms with Crippen LogP contribution >= 0.6 is 15.9 Å². The smallest absolute Gasteiger partial charge is 0.0487 e. The summed E-state index contributed by atoms with van der Waals surface area (Å²) in [7, 11) is 1.75. The Bertz CT molecular complexity index is 56.9. The van der Waals surface area contributed by atoms with E-state index in [1.54, 1.807) is 7.11 Å². The number of hydrogen-bond acceptors (Lipinski definition) is 1. The summed E-state index contributed by atoms with van der Waals surface area (Å²) in [6.07, 6.45) is 2.52. The molecule has 0 bridgehead atoms. The maximum absolute atomic E-state index is 4.99. The zero-order valence-electron chi connectivity index (χ0n) is 6.19. The molecule has 1 atom stereocenters. The van der Waals surface area contributed by atoms with E-state index in [0.29, 0.717) is 5.92 Å². The Labute approximate surface area is 65.9 Å². The predicted octanol–water partition coefficient (Wildman–Crippen LogP) is 2.44. The van der Waals surface area contributed by atoms with Crippen LogP contribution in [0.2, 0.25) is 0 Å². The lowest BCUT2D eigenvalue weighted by Gasteiger charge is -2.07. The van der Waals surface area contributed by atoms with Crippen LogP contribution in [0.5, 0.6) is 0 Å². The highest BCUT2D eigenvalue weighted by molar-refractivity contribution is 9.09. The van der Waals surface area contributed by atoms with Crippen LogP contribution in [0.15, 0.2) is 0 Å². The van der Waals surface area contributed by atoms with Gasteiger partial charge in [-0.15, -0.1) is 0 Å². The summed E-state index contributed by atoms with van der Waals surface area (Å²) in [5.41, 5.74) is 0. The highest BCUT2D eigenvalue weighted by atomic mass is 79.9. The van der Waals surface area contributed by atoms with Crippen LogP contribution < -0.4 is 0 Å². The zero-order chi connectivity index (χ0) is 7.11. The quantitative estimate of drug-likeness (QED) is 0.612. The molecule has 0 fully saturated rings. The molecule has 0 heterocycles. The second kappa shape index (κ2) is 6.56. The molecule has 0 aromatic heterocycles. The van der Waals surface area contributed by atoms with Gasteiger partial charge in [0.2, 0.25) is 0 Å². The van der Waals surface area contributed by atoms with Crippen LogP contribution in [0.4, 0.5) is 0 Å². The molecule has 9 heavy (non-hydrogen) atoms. The maximum Gasteiger partial charge on any atom is 0.0487 e. The van der Waals surface area contributed by atoms with Crippen molar-refractivity contribution in [3.05, 3.63) is 0 Å². The van der Waals surface area contributed by atoms with Gasteiger partial charge >= 0.3 is 0 Å². The molecule has 0 aromatic rings. The van der Waals surface area contributed by atoms with Crippen molar-refractivity contribution in [2.45, 2.75) is 19.8 Å². The molecule has 2 heteroatoms. The summed E-state index contributed by atoms with van der Waals surface area (Å²) in [6.45, 7) is 3.11. The van der Waals surface area contributed by atoms with Crippen LogP contribution in [0.1, 0.15) is 19.8 Å². The Morgan fingerprint density at radius 1 is 1.56 bits per heavy atom. The van der Waals surface area contributed by atoms with E-state index in [1.165, 1.54) is 12.8 Å². The molecule has 0 aliphatic heterocycles. The van der Waals surface area contributed by atoms with Crippen molar-refractivity contribution in [1.82, 2.24) is 0 Å². The molecule has 0 saturated carbocycles. The van der Waals surface area contributed by atoms with E-state index in [-0.39, 0.29) is 0 Å². The minimum Gasteiger partial charge on any atom is -0.384 e. The van der Waals surface area contributed by atoms with Crippen LogP contribution in [0, 0.1) is 5.92 Å². The molecule has 0 spiro atoms. The molecule has 0 saturated heterocycles. The Morgan fingerprint density at radius 3 is 2.67 bits per heavy atom. The Morgan fingerprint density at radius 2 is 2.22 bits per heavy atom. The summed E-state index contributed by atoms with van der Waals surface area (Å²) in [5, 5.41) is 1.11. The van der Waals surface area contributed by atoms with E-state index in [0.717, 1.165) is 11.9 Å². The van der Waals surface area contributed by atoms with Gasteiger partial charge in [0.25, 0.3) is 0 Å². The summed E-state index contributed by atoms with van der Waals surface area (Å²) >= 11 is 3.39. The highest BCUT2D eigenvalue weighted by Gasteiger charge is 1.98. The monoisotopic (exact) mass is 194 g/mol. The first-order valence-corrected chi connectivity index (χ1v) is 4.48. The molecule has 0 aromatic carbocycles. The zero-order valence-corrected chi connectivity index (χ0v) is 7.78. The predicted molar refractivity (Wildman–Crippen MR) is 44.1 cm³/mol. The van der Waals surface area contributed by atoms with Crippen LogP contribution in [-0.2, 0) is 4.74 Å². The molecule has 0 aliphatic carbocycles. The lowest BCUT2D eigenvalue weighted by atomic mass is 10.1. The normalized spacial score (nSPS) is 13.7. The van der Waals surface area contributed by atoms with E-state index in [1.807, 2.05) is 0 Å². The average molecular weight is 195 g/mol. The summed E-state index contributed by atoms with van der Waals surface area (Å²) in [4.78, 5) is 0. The van der Waals surface area contributed by atoms with Crippen LogP contribution in [-0.4, -0.2) is 19.0 Å². The second-order valence-corrected chi connectivity index (χ2v) is 3.18. The van der Waals surface area contributed by atoms with Gasteiger partial charge < -0.3 is 4.74 Å². The van der Waals surface area contributed by atoms with Gasteiger partial charge in [0.15, 0.2) is 0 Å². The number of halogens is 1. The van der Waals surface area contributed by atoms with Gasteiger partial charge in [-0.1, -0.05) is 22.9 Å². The fourth-order valence-electron chi connectivity index (χ4n) is 0.793. The Balaban J connectivity index is 2.95. The second-order valence-electron chi connectivity index (χ2n) is 2.39. The molecular weight excluding hydrogens is 180 g/mol. The minimum absolute atomic E-state index is 0.715. The third-order valence-corrected chi connectivity index (χ3v) is 1.84. The molecule has 1 unspecified atom stereocenters. The lowest BCUT2D eigenvalue weighted by molar-refractivity contribution is 0.155. The van der Waals surface area contributed by atoms with Gasteiger partial charge in [-0.3, -0.25) is 0 Å².